The molecular weight excluding hydrogens is 946 g/mol. The van der Waals surface area contributed by atoms with Crippen molar-refractivity contribution in [2.75, 3.05) is 13.2 Å². The molecule has 7 rings (SSSR count). The van der Waals surface area contributed by atoms with Gasteiger partial charge in [-0.25, -0.2) is 13.2 Å². The molecule has 0 unspecified atom stereocenters. The Kier molecular flexibility index (Phi) is 16.6. The first-order chi connectivity index (χ1) is 30.1. The summed E-state index contributed by atoms with van der Waals surface area (Å²) in [5.41, 5.74) is 2.82. The van der Waals surface area contributed by atoms with Crippen LogP contribution in [0.2, 0.25) is 18.1 Å². The molecule has 0 aliphatic carbocycles. The Morgan fingerprint density at radius 2 is 1.13 bits per heavy atom. The Hall–Kier alpha value is -3.27. The summed E-state index contributed by atoms with van der Waals surface area (Å²) in [6.07, 6.45) is -9.04. The molecule has 16 heteroatoms. The third kappa shape index (κ3) is 11.7. The number of rotatable bonds is 21. The number of nitrogens with one attached hydrogen (secondary N) is 1. The average molecular weight is 1000 g/mol. The topological polar surface area (TPSA) is 146 Å². The van der Waals surface area contributed by atoms with E-state index in [1.807, 2.05) is 91.0 Å². The van der Waals surface area contributed by atoms with Gasteiger partial charge in [0.2, 0.25) is 10.0 Å². The van der Waals surface area contributed by atoms with Gasteiger partial charge in [0, 0.05) is 0 Å². The smallest absolute Gasteiger partial charge is 0.424 e. The van der Waals surface area contributed by atoms with E-state index >= 15 is 0 Å². The second-order valence-electron chi connectivity index (χ2n) is 15.6. The van der Waals surface area contributed by atoms with E-state index in [0.717, 1.165) is 34.8 Å². The van der Waals surface area contributed by atoms with Crippen molar-refractivity contribution in [1.82, 2.24) is 4.72 Å². The number of sulfonamides is 1. The summed E-state index contributed by atoms with van der Waals surface area (Å²) in [7, 11) is -6.49. The summed E-state index contributed by atoms with van der Waals surface area (Å²) in [6.45, 7) is 7.29. The Labute approximate surface area is 379 Å². The molecule has 0 amide bonds. The van der Waals surface area contributed by atoms with E-state index in [-0.39, 0.29) is 24.7 Å². The predicted molar refractivity (Wildman–Crippen MR) is 241 cm³/mol. The van der Waals surface area contributed by atoms with Crippen LogP contribution in [0.25, 0.3) is 0 Å². The number of benzene rings is 4. The second-order valence-corrected chi connectivity index (χ2v) is 23.5. The molecule has 3 aliphatic rings. The zero-order valence-electron chi connectivity index (χ0n) is 35.2. The Morgan fingerprint density at radius 1 is 0.629 bits per heavy atom. The van der Waals surface area contributed by atoms with E-state index < -0.39 is 83.7 Å². The van der Waals surface area contributed by atoms with Crippen molar-refractivity contribution in [3.05, 3.63) is 138 Å². The van der Waals surface area contributed by atoms with Crippen LogP contribution in [0.4, 0.5) is 4.79 Å². The van der Waals surface area contributed by atoms with E-state index in [1.54, 1.807) is 18.2 Å². The van der Waals surface area contributed by atoms with Gasteiger partial charge in [-0.05, 0) is 47.0 Å². The molecule has 3 aliphatic heterocycles. The molecule has 0 bridgehead atoms. The van der Waals surface area contributed by atoms with Gasteiger partial charge in [0.15, 0.2) is 26.8 Å². The number of hydrogen-bond acceptors (Lipinski definition) is 12. The van der Waals surface area contributed by atoms with Crippen LogP contribution in [0.15, 0.2) is 126 Å². The third-order valence-electron chi connectivity index (χ3n) is 11.7. The fourth-order valence-electron chi connectivity index (χ4n) is 8.02. The molecule has 4 aromatic carbocycles. The number of halogens is 1. The van der Waals surface area contributed by atoms with Crippen molar-refractivity contribution in [3.8, 4) is 0 Å². The van der Waals surface area contributed by atoms with Crippen LogP contribution in [-0.2, 0) is 72.2 Å². The Balaban J connectivity index is 1.24. The van der Waals surface area contributed by atoms with E-state index in [9.17, 15) is 13.2 Å². The highest BCUT2D eigenvalue weighted by Gasteiger charge is 2.58. The largest absolute Gasteiger partial charge is 0.509 e. The maximum atomic E-state index is 14.0. The molecule has 3 fully saturated rings. The number of carbonyl (C=O) groups excluding carboxylic acids is 1. The first-order valence-corrected chi connectivity index (χ1v) is 26.5. The summed E-state index contributed by atoms with van der Waals surface area (Å²) >= 11 is 2.19. The lowest BCUT2D eigenvalue weighted by atomic mass is 9.97. The van der Waals surface area contributed by atoms with Crippen LogP contribution in [-0.4, -0.2) is 95.3 Å². The van der Waals surface area contributed by atoms with Gasteiger partial charge in [-0.3, -0.25) is 0 Å². The highest BCUT2D eigenvalue weighted by Crippen LogP contribution is 2.40. The van der Waals surface area contributed by atoms with E-state index in [4.69, 9.17) is 42.3 Å². The molecule has 3 saturated heterocycles. The van der Waals surface area contributed by atoms with Crippen molar-refractivity contribution in [2.24, 2.45) is 0 Å². The fraction of sp³-hybridized carbons (Fsp3) is 0.457. The molecule has 0 aromatic heterocycles. The maximum Gasteiger partial charge on any atom is 0.509 e. The first kappa shape index (κ1) is 46.7. The third-order valence-corrected chi connectivity index (χ3v) is 19.1. The lowest BCUT2D eigenvalue weighted by Crippen LogP contribution is -2.67. The van der Waals surface area contributed by atoms with Crippen LogP contribution in [0, 0.1) is 0 Å². The van der Waals surface area contributed by atoms with E-state index in [1.165, 1.54) is 12.1 Å². The van der Waals surface area contributed by atoms with Gasteiger partial charge in [0.05, 0.1) is 41.9 Å². The van der Waals surface area contributed by atoms with Crippen molar-refractivity contribution in [3.63, 3.8) is 0 Å². The number of fused-ring (bicyclic) bond motifs is 1. The zero-order chi connectivity index (χ0) is 43.5. The standard InChI is InChI=1S/C46H56INO12SSi/c1-4-62(5-2,6-3)60-40-37(31-53-28-33-21-13-8-14-22-33)55-44(48-61(50,51)35-25-17-10-18-26-35)38(47)41(40)57-45-43(54-29-34-23-15-9-16-24-34)42-39(58-46(49)59-42)36(56-45)30-52-27-32-19-11-7-12-20-32/h7-26,36-45,48H,4-6,27-31H2,1-3H3/t36-,37-,38+,39+,40-,41-,42+,43-,44+,45+/m1/s1. The second kappa shape index (κ2) is 22.1. The van der Waals surface area contributed by atoms with Gasteiger partial charge in [-0.1, -0.05) is 153 Å². The molecule has 10 atom stereocenters. The van der Waals surface area contributed by atoms with Crippen LogP contribution < -0.4 is 4.72 Å². The molecule has 3 heterocycles. The Morgan fingerprint density at radius 3 is 1.68 bits per heavy atom. The number of ether oxygens (including phenoxy) is 8. The summed E-state index contributed by atoms with van der Waals surface area (Å²) in [4.78, 5) is 13.0. The average Bonchev–Trinajstić information content (AvgIpc) is 3.70. The highest BCUT2D eigenvalue weighted by atomic mass is 127. The van der Waals surface area contributed by atoms with Crippen molar-refractivity contribution >= 4 is 47.1 Å². The minimum atomic E-state index is -4.07. The van der Waals surface area contributed by atoms with Gasteiger partial charge in [0.1, 0.15) is 36.7 Å². The summed E-state index contributed by atoms with van der Waals surface area (Å²) in [5.74, 6) is 0. The van der Waals surface area contributed by atoms with Gasteiger partial charge < -0.3 is 42.3 Å². The van der Waals surface area contributed by atoms with Crippen LogP contribution in [0.1, 0.15) is 37.5 Å². The minimum absolute atomic E-state index is 0.0479. The van der Waals surface area contributed by atoms with E-state index in [2.05, 4.69) is 48.1 Å². The lowest BCUT2D eigenvalue weighted by Gasteiger charge is -2.50. The maximum absolute atomic E-state index is 14.0. The number of alkyl halides is 1. The molecule has 0 saturated carbocycles. The molecule has 0 spiro atoms. The van der Waals surface area contributed by atoms with Gasteiger partial charge in [-0.15, -0.1) is 0 Å². The predicted octanol–water partition coefficient (Wildman–Crippen LogP) is 7.92. The van der Waals surface area contributed by atoms with Crippen molar-refractivity contribution in [1.29, 1.82) is 0 Å². The summed E-state index contributed by atoms with van der Waals surface area (Å²) in [5, 5.41) is 0. The van der Waals surface area contributed by atoms with Crippen LogP contribution >= 0.6 is 22.6 Å². The Bertz CT molecular complexity index is 2080. The summed E-state index contributed by atoms with van der Waals surface area (Å²) < 4.78 is 88.8. The van der Waals surface area contributed by atoms with Gasteiger partial charge >= 0.3 is 6.16 Å². The fourth-order valence-corrected chi connectivity index (χ4v) is 13.2. The SMILES string of the molecule is CC[Si](CC)(CC)O[C@H]1[C@H](O[C@@H]2O[C@H](COCc3ccccc3)[C@@H]3OC(=O)O[C@@H]3[C@H]2OCc2ccccc2)[C@H](I)[C@@H](NS(=O)(=O)c2ccccc2)O[C@@H]1COCc1ccccc1. The molecule has 0 radical (unpaired) electrons. The van der Waals surface area contributed by atoms with E-state index in [0.29, 0.717) is 13.2 Å². The van der Waals surface area contributed by atoms with Crippen LogP contribution in [0.5, 0.6) is 0 Å². The molecule has 13 nitrogen and oxygen atoms in total. The lowest BCUT2D eigenvalue weighted by molar-refractivity contribution is -0.323. The van der Waals surface area contributed by atoms with Gasteiger partial charge in [-0.2, -0.15) is 4.72 Å². The quantitative estimate of drug-likeness (QED) is 0.0375. The number of hydrogen-bond donors (Lipinski definition) is 1. The minimum Gasteiger partial charge on any atom is -0.424 e. The molecule has 334 valence electrons. The molecule has 62 heavy (non-hydrogen) atoms. The number of carbonyl (C=O) groups is 1. The monoisotopic (exact) mass is 1000 g/mol. The molecular formula is C46H56INO12SSi. The highest BCUT2D eigenvalue weighted by molar-refractivity contribution is 14.1. The molecule has 4 aromatic rings. The van der Waals surface area contributed by atoms with Crippen LogP contribution in [0.3, 0.4) is 0 Å². The van der Waals surface area contributed by atoms with Crippen molar-refractivity contribution in [2.45, 2.75) is 123 Å². The summed E-state index contributed by atoms with van der Waals surface area (Å²) in [6, 6.07) is 39.8. The first-order valence-electron chi connectivity index (χ1n) is 21.2. The zero-order valence-corrected chi connectivity index (χ0v) is 39.1. The normalized spacial score (nSPS) is 27.6. The van der Waals surface area contributed by atoms with Crippen molar-refractivity contribution < 1.29 is 55.5 Å². The van der Waals surface area contributed by atoms with Gasteiger partial charge in [0.25, 0.3) is 0 Å². The molecule has 1 N–H and O–H groups in total.